The highest BCUT2D eigenvalue weighted by molar-refractivity contribution is 6.32. The van der Waals surface area contributed by atoms with Crippen LogP contribution in [0.15, 0.2) is 54.6 Å². The van der Waals surface area contributed by atoms with Gasteiger partial charge in [0.15, 0.2) is 0 Å². The standard InChI is InChI=1S/C19H17ClF3NO2/c20-17-10-9-16(19(21,22)23)12-15(17)8-4-5-11-24-18(25)26-13-14-6-2-1-3-7-14/h1-4,6-10,12H,5,11,13H2,(H,24,25). The van der Waals surface area contributed by atoms with E-state index in [1.54, 1.807) is 6.08 Å². The van der Waals surface area contributed by atoms with Crippen LogP contribution in [0.4, 0.5) is 18.0 Å². The van der Waals surface area contributed by atoms with Crippen LogP contribution in [-0.2, 0) is 17.5 Å². The molecular formula is C19H17ClF3NO2. The van der Waals surface area contributed by atoms with Crippen molar-refractivity contribution < 1.29 is 22.7 Å². The van der Waals surface area contributed by atoms with Crippen molar-refractivity contribution in [3.63, 3.8) is 0 Å². The molecule has 2 rings (SSSR count). The number of alkyl halides is 3. The maximum atomic E-state index is 12.7. The molecule has 0 heterocycles. The third-order valence-electron chi connectivity index (χ3n) is 3.41. The molecule has 0 aliphatic carbocycles. The SMILES string of the molecule is O=C(NCCC=Cc1cc(C(F)(F)F)ccc1Cl)OCc1ccccc1. The summed E-state index contributed by atoms with van der Waals surface area (Å²) in [5.41, 5.74) is 0.388. The molecule has 0 aromatic heterocycles. The van der Waals surface area contributed by atoms with Gasteiger partial charge in [0.2, 0.25) is 0 Å². The van der Waals surface area contributed by atoms with Gasteiger partial charge in [0.25, 0.3) is 0 Å². The monoisotopic (exact) mass is 383 g/mol. The number of rotatable bonds is 6. The van der Waals surface area contributed by atoms with Crippen LogP contribution in [0.5, 0.6) is 0 Å². The molecule has 7 heteroatoms. The van der Waals surface area contributed by atoms with Crippen molar-refractivity contribution in [3.8, 4) is 0 Å². The number of ether oxygens (including phenoxy) is 1. The van der Waals surface area contributed by atoms with E-state index < -0.39 is 17.8 Å². The summed E-state index contributed by atoms with van der Waals surface area (Å²) in [7, 11) is 0. The lowest BCUT2D eigenvalue weighted by atomic mass is 10.1. The Morgan fingerprint density at radius 1 is 1.15 bits per heavy atom. The van der Waals surface area contributed by atoms with E-state index in [1.807, 2.05) is 30.3 Å². The topological polar surface area (TPSA) is 38.3 Å². The fraction of sp³-hybridized carbons (Fsp3) is 0.211. The van der Waals surface area contributed by atoms with E-state index in [9.17, 15) is 18.0 Å². The van der Waals surface area contributed by atoms with Crippen molar-refractivity contribution in [1.29, 1.82) is 0 Å². The largest absolute Gasteiger partial charge is 0.445 e. The van der Waals surface area contributed by atoms with Gasteiger partial charge in [-0.15, -0.1) is 0 Å². The first-order valence-corrected chi connectivity index (χ1v) is 8.22. The van der Waals surface area contributed by atoms with Crippen molar-refractivity contribution in [3.05, 3.63) is 76.3 Å². The summed E-state index contributed by atoms with van der Waals surface area (Å²) in [5, 5.41) is 2.79. The minimum Gasteiger partial charge on any atom is -0.445 e. The van der Waals surface area contributed by atoms with Crippen LogP contribution < -0.4 is 5.32 Å². The smallest absolute Gasteiger partial charge is 0.416 e. The highest BCUT2D eigenvalue weighted by Crippen LogP contribution is 2.32. The Balaban J connectivity index is 1.76. The van der Waals surface area contributed by atoms with Crippen molar-refractivity contribution >= 4 is 23.8 Å². The van der Waals surface area contributed by atoms with Gasteiger partial charge in [-0.25, -0.2) is 4.79 Å². The van der Waals surface area contributed by atoms with E-state index in [0.29, 0.717) is 13.0 Å². The normalized spacial score (nSPS) is 11.5. The maximum Gasteiger partial charge on any atom is 0.416 e. The second-order valence-electron chi connectivity index (χ2n) is 5.41. The number of benzene rings is 2. The van der Waals surface area contributed by atoms with Gasteiger partial charge < -0.3 is 10.1 Å². The summed E-state index contributed by atoms with van der Waals surface area (Å²) < 4.78 is 43.1. The Hall–Kier alpha value is -2.47. The number of halogens is 4. The summed E-state index contributed by atoms with van der Waals surface area (Å²) in [6.07, 6.45) is -1.42. The molecular weight excluding hydrogens is 367 g/mol. The van der Waals surface area contributed by atoms with Gasteiger partial charge in [-0.3, -0.25) is 0 Å². The second-order valence-corrected chi connectivity index (χ2v) is 5.82. The van der Waals surface area contributed by atoms with Gasteiger partial charge in [-0.05, 0) is 35.7 Å². The van der Waals surface area contributed by atoms with Gasteiger partial charge >= 0.3 is 12.3 Å². The molecule has 0 saturated heterocycles. The Labute approximate surface area is 154 Å². The maximum absolute atomic E-state index is 12.7. The molecule has 0 spiro atoms. The van der Waals surface area contributed by atoms with E-state index in [1.165, 1.54) is 12.1 Å². The first-order valence-electron chi connectivity index (χ1n) is 7.84. The zero-order valence-electron chi connectivity index (χ0n) is 13.7. The molecule has 26 heavy (non-hydrogen) atoms. The molecule has 3 nitrogen and oxygen atoms in total. The van der Waals surface area contributed by atoms with E-state index in [0.717, 1.165) is 17.7 Å². The van der Waals surface area contributed by atoms with Gasteiger partial charge in [-0.2, -0.15) is 13.2 Å². The van der Waals surface area contributed by atoms with Gasteiger partial charge in [0.05, 0.1) is 5.56 Å². The van der Waals surface area contributed by atoms with Crippen molar-refractivity contribution in [1.82, 2.24) is 5.32 Å². The lowest BCUT2D eigenvalue weighted by Gasteiger charge is -2.08. The fourth-order valence-electron chi connectivity index (χ4n) is 2.09. The Kier molecular flexibility index (Phi) is 7.09. The zero-order chi connectivity index (χ0) is 19.0. The number of hydrogen-bond acceptors (Lipinski definition) is 2. The summed E-state index contributed by atoms with van der Waals surface area (Å²) in [4.78, 5) is 11.6. The van der Waals surface area contributed by atoms with Crippen LogP contribution in [0.1, 0.15) is 23.1 Å². The number of carbonyl (C=O) groups excluding carboxylic acids is 1. The minimum atomic E-state index is -4.42. The molecule has 2 aromatic rings. The number of nitrogens with one attached hydrogen (secondary N) is 1. The Morgan fingerprint density at radius 3 is 2.58 bits per heavy atom. The van der Waals surface area contributed by atoms with E-state index in [4.69, 9.17) is 16.3 Å². The number of alkyl carbamates (subject to hydrolysis) is 1. The number of hydrogen-bond donors (Lipinski definition) is 1. The molecule has 138 valence electrons. The molecule has 0 aliphatic rings. The van der Waals surface area contributed by atoms with Crippen molar-refractivity contribution in [2.24, 2.45) is 0 Å². The highest BCUT2D eigenvalue weighted by Gasteiger charge is 2.30. The molecule has 0 atom stereocenters. The summed E-state index contributed by atoms with van der Waals surface area (Å²) in [5.74, 6) is 0. The summed E-state index contributed by atoms with van der Waals surface area (Å²) in [6.45, 7) is 0.461. The molecule has 1 N–H and O–H groups in total. The number of amides is 1. The van der Waals surface area contributed by atoms with Crippen LogP contribution in [0, 0.1) is 0 Å². The van der Waals surface area contributed by atoms with E-state index >= 15 is 0 Å². The van der Waals surface area contributed by atoms with Crippen LogP contribution in [0.2, 0.25) is 5.02 Å². The van der Waals surface area contributed by atoms with Crippen LogP contribution in [0.3, 0.4) is 0 Å². The average Bonchev–Trinajstić information content (AvgIpc) is 2.61. The highest BCUT2D eigenvalue weighted by atomic mass is 35.5. The van der Waals surface area contributed by atoms with Crippen LogP contribution in [0.25, 0.3) is 6.08 Å². The first-order chi connectivity index (χ1) is 12.4. The van der Waals surface area contributed by atoms with Crippen LogP contribution in [-0.4, -0.2) is 12.6 Å². The van der Waals surface area contributed by atoms with Crippen molar-refractivity contribution in [2.75, 3.05) is 6.54 Å². The zero-order valence-corrected chi connectivity index (χ0v) is 14.5. The van der Waals surface area contributed by atoms with E-state index in [2.05, 4.69) is 5.32 Å². The van der Waals surface area contributed by atoms with E-state index in [-0.39, 0.29) is 17.2 Å². The third-order valence-corrected chi connectivity index (χ3v) is 3.76. The number of carbonyl (C=O) groups is 1. The molecule has 0 unspecified atom stereocenters. The summed E-state index contributed by atoms with van der Waals surface area (Å²) >= 11 is 5.90. The Bertz CT molecular complexity index is 761. The quantitative estimate of drug-likeness (QED) is 0.651. The molecule has 1 amide bonds. The van der Waals surface area contributed by atoms with Gasteiger partial charge in [-0.1, -0.05) is 54.1 Å². The summed E-state index contributed by atoms with van der Waals surface area (Å²) in [6, 6.07) is 12.4. The first kappa shape index (κ1) is 19.8. The third kappa shape index (κ3) is 6.44. The lowest BCUT2D eigenvalue weighted by Crippen LogP contribution is -2.24. The fourth-order valence-corrected chi connectivity index (χ4v) is 2.27. The predicted molar refractivity (Wildman–Crippen MR) is 94.7 cm³/mol. The van der Waals surface area contributed by atoms with Crippen molar-refractivity contribution in [2.45, 2.75) is 19.2 Å². The predicted octanol–water partition coefficient (Wildman–Crippen LogP) is 5.69. The van der Waals surface area contributed by atoms with Gasteiger partial charge in [0.1, 0.15) is 6.61 Å². The molecule has 0 bridgehead atoms. The minimum absolute atomic E-state index is 0.169. The molecule has 2 aromatic carbocycles. The van der Waals surface area contributed by atoms with Gasteiger partial charge in [0, 0.05) is 11.6 Å². The molecule has 0 radical (unpaired) electrons. The Morgan fingerprint density at radius 2 is 1.88 bits per heavy atom. The molecule has 0 aliphatic heterocycles. The lowest BCUT2D eigenvalue weighted by molar-refractivity contribution is -0.137. The second kappa shape index (κ2) is 9.29. The average molecular weight is 384 g/mol. The molecule has 0 fully saturated rings. The molecule has 0 saturated carbocycles. The van der Waals surface area contributed by atoms with Crippen LogP contribution >= 0.6 is 11.6 Å².